The fourth-order valence-corrected chi connectivity index (χ4v) is 1.49. The van der Waals surface area contributed by atoms with E-state index in [0.29, 0.717) is 17.1 Å². The molecule has 0 radical (unpaired) electrons. The maximum Gasteiger partial charge on any atom is 0.411 e. The van der Waals surface area contributed by atoms with Crippen LogP contribution in [0.4, 0.5) is 4.79 Å². The first-order valence-electron chi connectivity index (χ1n) is 5.92. The highest BCUT2D eigenvalue weighted by Gasteiger charge is 2.08. The molecule has 1 rings (SSSR count). The molecule has 0 saturated carbocycles. The summed E-state index contributed by atoms with van der Waals surface area (Å²) in [5.74, 6) is 1.06. The third-order valence-corrected chi connectivity index (χ3v) is 2.42. The van der Waals surface area contributed by atoms with Crippen molar-refractivity contribution in [3.8, 4) is 17.6 Å². The highest BCUT2D eigenvalue weighted by Crippen LogP contribution is 2.29. The van der Waals surface area contributed by atoms with Gasteiger partial charge in [-0.1, -0.05) is 0 Å². The lowest BCUT2D eigenvalue weighted by Crippen LogP contribution is -2.18. The van der Waals surface area contributed by atoms with Crippen molar-refractivity contribution in [2.75, 3.05) is 20.8 Å². The smallest absolute Gasteiger partial charge is 0.411 e. The van der Waals surface area contributed by atoms with Crippen molar-refractivity contribution in [2.24, 2.45) is 0 Å². The van der Waals surface area contributed by atoms with Crippen LogP contribution in [0, 0.1) is 11.3 Å². The quantitative estimate of drug-likeness (QED) is 0.835. The Morgan fingerprint density at radius 3 is 2.60 bits per heavy atom. The van der Waals surface area contributed by atoms with Gasteiger partial charge in [-0.05, 0) is 30.7 Å². The van der Waals surface area contributed by atoms with Crippen molar-refractivity contribution in [2.45, 2.75) is 6.92 Å². The number of nitrogens with one attached hydrogen (secondary N) is 1. The van der Waals surface area contributed by atoms with Crippen molar-refractivity contribution >= 4 is 11.7 Å². The summed E-state index contributed by atoms with van der Waals surface area (Å²) in [6, 6.07) is 7.03. The van der Waals surface area contributed by atoms with Crippen LogP contribution in [-0.2, 0) is 4.74 Å². The highest BCUT2D eigenvalue weighted by atomic mass is 16.5. The monoisotopic (exact) mass is 276 g/mol. The summed E-state index contributed by atoms with van der Waals surface area (Å²) in [4.78, 5) is 11.2. The topological polar surface area (TPSA) is 80.6 Å². The van der Waals surface area contributed by atoms with Gasteiger partial charge in [0, 0.05) is 6.20 Å². The highest BCUT2D eigenvalue weighted by molar-refractivity contribution is 5.80. The van der Waals surface area contributed by atoms with E-state index in [1.165, 1.54) is 20.4 Å². The number of carbonyl (C=O) groups is 1. The minimum Gasteiger partial charge on any atom is -0.493 e. The molecule has 1 amide bonds. The second-order valence-electron chi connectivity index (χ2n) is 3.60. The molecule has 0 saturated heterocycles. The Hall–Kier alpha value is -2.68. The number of ether oxygens (including phenoxy) is 3. The van der Waals surface area contributed by atoms with E-state index in [2.05, 4.69) is 5.32 Å². The Labute approximate surface area is 117 Å². The molecule has 0 fully saturated rings. The van der Waals surface area contributed by atoms with E-state index in [0.717, 1.165) is 0 Å². The van der Waals surface area contributed by atoms with Crippen LogP contribution in [-0.4, -0.2) is 26.9 Å². The molecule has 0 bridgehead atoms. The SMILES string of the molecule is CCOC(=O)N/C=C(\C#N)c1ccc(OC)c(OC)c1. The van der Waals surface area contributed by atoms with E-state index in [-0.39, 0.29) is 12.2 Å². The maximum absolute atomic E-state index is 11.2. The van der Waals surface area contributed by atoms with Crippen LogP contribution in [0.3, 0.4) is 0 Å². The number of methoxy groups -OCH3 is 2. The predicted octanol–water partition coefficient (Wildman–Crippen LogP) is 2.31. The van der Waals surface area contributed by atoms with Gasteiger partial charge in [0.1, 0.15) is 6.07 Å². The molecule has 0 heterocycles. The van der Waals surface area contributed by atoms with E-state index < -0.39 is 6.09 Å². The molecule has 20 heavy (non-hydrogen) atoms. The summed E-state index contributed by atoms with van der Waals surface area (Å²) < 4.78 is 15.0. The first-order valence-corrected chi connectivity index (χ1v) is 5.92. The molecular weight excluding hydrogens is 260 g/mol. The molecule has 0 spiro atoms. The van der Waals surface area contributed by atoms with E-state index in [1.54, 1.807) is 25.1 Å². The van der Waals surface area contributed by atoms with Crippen molar-refractivity contribution in [3.63, 3.8) is 0 Å². The van der Waals surface area contributed by atoms with Gasteiger partial charge >= 0.3 is 6.09 Å². The molecule has 1 aromatic rings. The second kappa shape index (κ2) is 7.69. The number of nitriles is 1. The molecule has 0 unspecified atom stereocenters. The fraction of sp³-hybridized carbons (Fsp3) is 0.286. The number of rotatable bonds is 5. The average molecular weight is 276 g/mol. The third kappa shape index (κ3) is 3.92. The predicted molar refractivity (Wildman–Crippen MR) is 73.3 cm³/mol. The zero-order valence-electron chi connectivity index (χ0n) is 11.6. The molecule has 0 aromatic heterocycles. The Kier molecular flexibility index (Phi) is 5.91. The van der Waals surface area contributed by atoms with Crippen molar-refractivity contribution in [1.82, 2.24) is 5.32 Å². The van der Waals surface area contributed by atoms with Gasteiger partial charge in [-0.25, -0.2) is 4.79 Å². The molecule has 0 aliphatic rings. The summed E-state index contributed by atoms with van der Waals surface area (Å²) in [7, 11) is 3.04. The Bertz CT molecular complexity index is 547. The van der Waals surface area contributed by atoms with E-state index in [9.17, 15) is 4.79 Å². The number of carbonyl (C=O) groups excluding carboxylic acids is 1. The van der Waals surface area contributed by atoms with Gasteiger partial charge in [-0.2, -0.15) is 5.26 Å². The second-order valence-corrected chi connectivity index (χ2v) is 3.60. The van der Waals surface area contributed by atoms with Crippen LogP contribution in [0.15, 0.2) is 24.4 Å². The fourth-order valence-electron chi connectivity index (χ4n) is 1.49. The largest absolute Gasteiger partial charge is 0.493 e. The Morgan fingerprint density at radius 2 is 2.05 bits per heavy atom. The number of hydrogen-bond donors (Lipinski definition) is 1. The molecule has 0 aliphatic carbocycles. The molecule has 6 nitrogen and oxygen atoms in total. The number of allylic oxidation sites excluding steroid dienone is 1. The Morgan fingerprint density at radius 1 is 1.35 bits per heavy atom. The van der Waals surface area contributed by atoms with E-state index >= 15 is 0 Å². The van der Waals surface area contributed by atoms with Crippen LogP contribution in [0.25, 0.3) is 5.57 Å². The lowest BCUT2D eigenvalue weighted by molar-refractivity contribution is 0.156. The molecule has 6 heteroatoms. The van der Waals surface area contributed by atoms with Gasteiger partial charge < -0.3 is 14.2 Å². The van der Waals surface area contributed by atoms with Crippen LogP contribution < -0.4 is 14.8 Å². The van der Waals surface area contributed by atoms with Gasteiger partial charge in [0.15, 0.2) is 11.5 Å². The molecule has 1 aromatic carbocycles. The van der Waals surface area contributed by atoms with Crippen LogP contribution >= 0.6 is 0 Å². The van der Waals surface area contributed by atoms with Crippen molar-refractivity contribution in [3.05, 3.63) is 30.0 Å². The van der Waals surface area contributed by atoms with Crippen LogP contribution in [0.2, 0.25) is 0 Å². The lowest BCUT2D eigenvalue weighted by atomic mass is 10.1. The van der Waals surface area contributed by atoms with Gasteiger partial charge in [-0.3, -0.25) is 5.32 Å². The summed E-state index contributed by atoms with van der Waals surface area (Å²) in [6.07, 6.45) is 0.680. The van der Waals surface area contributed by atoms with Crippen LogP contribution in [0.1, 0.15) is 12.5 Å². The zero-order chi connectivity index (χ0) is 15.0. The van der Waals surface area contributed by atoms with Gasteiger partial charge in [-0.15, -0.1) is 0 Å². The van der Waals surface area contributed by atoms with Crippen LogP contribution in [0.5, 0.6) is 11.5 Å². The normalized spacial score (nSPS) is 10.4. The Balaban J connectivity index is 2.98. The summed E-state index contributed by atoms with van der Waals surface area (Å²) in [5, 5.41) is 11.5. The van der Waals surface area contributed by atoms with E-state index in [4.69, 9.17) is 19.5 Å². The number of benzene rings is 1. The molecule has 106 valence electrons. The van der Waals surface area contributed by atoms with Crippen molar-refractivity contribution < 1.29 is 19.0 Å². The standard InChI is InChI=1S/C14H16N2O4/c1-4-20-14(17)16-9-11(8-15)10-5-6-12(18-2)13(7-10)19-3/h5-7,9H,4H2,1-3H3,(H,16,17)/b11-9+. The molecule has 0 atom stereocenters. The number of hydrogen-bond acceptors (Lipinski definition) is 5. The first-order chi connectivity index (χ1) is 9.65. The summed E-state index contributed by atoms with van der Waals surface area (Å²) in [6.45, 7) is 1.96. The minimum atomic E-state index is -0.610. The molecule has 0 aliphatic heterocycles. The lowest BCUT2D eigenvalue weighted by Gasteiger charge is -2.09. The van der Waals surface area contributed by atoms with Gasteiger partial charge in [0.25, 0.3) is 0 Å². The zero-order valence-corrected chi connectivity index (χ0v) is 11.6. The summed E-state index contributed by atoms with van der Waals surface area (Å²) >= 11 is 0. The van der Waals surface area contributed by atoms with E-state index in [1.807, 2.05) is 6.07 Å². The molecule has 1 N–H and O–H groups in total. The third-order valence-electron chi connectivity index (χ3n) is 2.42. The van der Waals surface area contributed by atoms with Gasteiger partial charge in [0.05, 0.1) is 26.4 Å². The summed E-state index contributed by atoms with van der Waals surface area (Å²) in [5.41, 5.74) is 0.876. The maximum atomic E-state index is 11.2. The number of amides is 1. The van der Waals surface area contributed by atoms with Crippen molar-refractivity contribution in [1.29, 1.82) is 5.26 Å². The minimum absolute atomic E-state index is 0.262. The van der Waals surface area contributed by atoms with Gasteiger partial charge in [0.2, 0.25) is 0 Å². The molecular formula is C14H16N2O4. The first kappa shape index (κ1) is 15.4. The average Bonchev–Trinajstić information content (AvgIpc) is 2.47. The number of nitrogens with zero attached hydrogens (tertiary/aromatic N) is 1. The number of alkyl carbamates (subject to hydrolysis) is 1.